The Hall–Kier alpha value is -2.18. The lowest BCUT2D eigenvalue weighted by atomic mass is 10.1. The lowest BCUT2D eigenvalue weighted by molar-refractivity contribution is 0.107. The molecule has 0 unspecified atom stereocenters. The zero-order chi connectivity index (χ0) is 15.8. The predicted octanol–water partition coefficient (Wildman–Crippen LogP) is 3.09. The summed E-state index contributed by atoms with van der Waals surface area (Å²) < 4.78 is 16.6. The van der Waals surface area contributed by atoms with E-state index in [4.69, 9.17) is 13.7 Å². The van der Waals surface area contributed by atoms with Crippen molar-refractivity contribution in [2.75, 3.05) is 13.7 Å². The van der Waals surface area contributed by atoms with Crippen LogP contribution in [0.2, 0.25) is 0 Å². The molecule has 0 radical (unpaired) electrons. The Morgan fingerprint density at radius 2 is 2.22 bits per heavy atom. The molecule has 1 aliphatic rings. The maximum atomic E-state index is 5.65. The molecule has 2 atom stereocenters. The van der Waals surface area contributed by atoms with Crippen molar-refractivity contribution in [3.63, 3.8) is 0 Å². The van der Waals surface area contributed by atoms with Crippen molar-refractivity contribution in [1.29, 1.82) is 0 Å². The maximum absolute atomic E-state index is 5.65. The first kappa shape index (κ1) is 14.4. The van der Waals surface area contributed by atoms with Gasteiger partial charge in [-0.1, -0.05) is 23.4 Å². The van der Waals surface area contributed by atoms with Gasteiger partial charge in [-0.05, 0) is 19.4 Å². The van der Waals surface area contributed by atoms with Crippen LogP contribution in [-0.4, -0.2) is 34.8 Å². The summed E-state index contributed by atoms with van der Waals surface area (Å²) in [6, 6.07) is 8.16. The van der Waals surface area contributed by atoms with Crippen molar-refractivity contribution >= 4 is 11.0 Å². The highest BCUT2D eigenvalue weighted by Gasteiger charge is 2.37. The van der Waals surface area contributed by atoms with E-state index in [1.54, 1.807) is 7.11 Å². The smallest absolute Gasteiger partial charge is 0.244 e. The summed E-state index contributed by atoms with van der Waals surface area (Å²) in [5.41, 5.74) is 2.08. The Labute approximate surface area is 134 Å². The monoisotopic (exact) mass is 313 g/mol. The fourth-order valence-electron chi connectivity index (χ4n) is 3.29. The Morgan fingerprint density at radius 3 is 3.00 bits per heavy atom. The van der Waals surface area contributed by atoms with Crippen LogP contribution in [0.25, 0.3) is 11.0 Å². The number of likely N-dealkylation sites (tertiary alicyclic amines) is 1. The third kappa shape index (κ3) is 2.64. The standard InChI is InChI=1S/C17H19N3O3/c1-11-18-17(23-19-11)15-7-13(21-2)9-20(15)8-12-10-22-16-6-4-3-5-14(12)16/h3-6,10,13,15H,7-9H2,1-2H3/t13-,15+/m0/s1. The number of fused-ring (bicyclic) bond motifs is 1. The molecule has 0 bridgehead atoms. The highest BCUT2D eigenvalue weighted by atomic mass is 16.5. The van der Waals surface area contributed by atoms with E-state index in [2.05, 4.69) is 21.1 Å². The molecule has 2 aromatic heterocycles. The van der Waals surface area contributed by atoms with Crippen LogP contribution in [0.15, 0.2) is 39.5 Å². The minimum Gasteiger partial charge on any atom is -0.464 e. The summed E-state index contributed by atoms with van der Waals surface area (Å²) in [4.78, 5) is 6.72. The van der Waals surface area contributed by atoms with Crippen molar-refractivity contribution in [2.24, 2.45) is 0 Å². The zero-order valence-electron chi connectivity index (χ0n) is 13.2. The molecular weight excluding hydrogens is 294 g/mol. The average Bonchev–Trinajstić information content (AvgIpc) is 3.27. The molecule has 3 aromatic rings. The third-order valence-corrected chi connectivity index (χ3v) is 4.46. The van der Waals surface area contributed by atoms with Crippen molar-refractivity contribution in [3.8, 4) is 0 Å². The molecule has 6 heteroatoms. The number of aromatic nitrogens is 2. The molecule has 0 aliphatic carbocycles. The fourth-order valence-corrected chi connectivity index (χ4v) is 3.29. The summed E-state index contributed by atoms with van der Waals surface area (Å²) in [6.07, 6.45) is 2.86. The van der Waals surface area contributed by atoms with Gasteiger partial charge < -0.3 is 13.7 Å². The first-order chi connectivity index (χ1) is 11.2. The molecule has 1 fully saturated rings. The average molecular weight is 313 g/mol. The Morgan fingerprint density at radius 1 is 1.35 bits per heavy atom. The van der Waals surface area contributed by atoms with Crippen LogP contribution >= 0.6 is 0 Å². The molecule has 23 heavy (non-hydrogen) atoms. The summed E-state index contributed by atoms with van der Waals surface area (Å²) in [5.74, 6) is 1.32. The second kappa shape index (κ2) is 5.79. The fraction of sp³-hybridized carbons (Fsp3) is 0.412. The largest absolute Gasteiger partial charge is 0.464 e. The highest BCUT2D eigenvalue weighted by Crippen LogP contribution is 2.35. The molecule has 0 N–H and O–H groups in total. The number of nitrogens with zero attached hydrogens (tertiary/aromatic N) is 3. The van der Waals surface area contributed by atoms with Crippen molar-refractivity contribution in [2.45, 2.75) is 32.0 Å². The summed E-state index contributed by atoms with van der Waals surface area (Å²) in [7, 11) is 1.75. The van der Waals surface area contributed by atoms with Gasteiger partial charge >= 0.3 is 0 Å². The van der Waals surface area contributed by atoms with Gasteiger partial charge in [0.1, 0.15) is 5.58 Å². The first-order valence-corrected chi connectivity index (χ1v) is 7.76. The van der Waals surface area contributed by atoms with E-state index in [1.807, 2.05) is 31.4 Å². The van der Waals surface area contributed by atoms with Gasteiger partial charge in [0.15, 0.2) is 5.82 Å². The van der Waals surface area contributed by atoms with Gasteiger partial charge in [-0.15, -0.1) is 0 Å². The molecule has 0 saturated carbocycles. The minimum atomic E-state index is 0.0785. The van der Waals surface area contributed by atoms with Crippen LogP contribution in [0.4, 0.5) is 0 Å². The highest BCUT2D eigenvalue weighted by molar-refractivity contribution is 5.80. The number of rotatable bonds is 4. The van der Waals surface area contributed by atoms with E-state index in [0.717, 1.165) is 30.5 Å². The van der Waals surface area contributed by atoms with E-state index in [1.165, 1.54) is 5.56 Å². The Bertz CT molecular complexity index is 810. The third-order valence-electron chi connectivity index (χ3n) is 4.46. The van der Waals surface area contributed by atoms with Crippen molar-refractivity contribution < 1.29 is 13.7 Å². The lowest BCUT2D eigenvalue weighted by Crippen LogP contribution is -2.24. The molecule has 3 heterocycles. The van der Waals surface area contributed by atoms with E-state index >= 15 is 0 Å². The zero-order valence-corrected chi connectivity index (χ0v) is 13.2. The van der Waals surface area contributed by atoms with Crippen LogP contribution in [0.1, 0.15) is 29.7 Å². The van der Waals surface area contributed by atoms with E-state index in [-0.39, 0.29) is 12.1 Å². The molecule has 1 aromatic carbocycles. The number of hydrogen-bond donors (Lipinski definition) is 0. The van der Waals surface area contributed by atoms with Crippen LogP contribution in [0.3, 0.4) is 0 Å². The molecule has 120 valence electrons. The summed E-state index contributed by atoms with van der Waals surface area (Å²) >= 11 is 0. The minimum absolute atomic E-state index is 0.0785. The van der Waals surface area contributed by atoms with Crippen LogP contribution in [0, 0.1) is 6.92 Å². The predicted molar refractivity (Wildman–Crippen MR) is 83.8 cm³/mol. The normalized spacial score (nSPS) is 22.2. The number of furan rings is 1. The topological polar surface area (TPSA) is 64.5 Å². The number of para-hydroxylation sites is 1. The van der Waals surface area contributed by atoms with Gasteiger partial charge in [-0.3, -0.25) is 4.90 Å². The van der Waals surface area contributed by atoms with Gasteiger partial charge in [0.25, 0.3) is 0 Å². The number of methoxy groups -OCH3 is 1. The van der Waals surface area contributed by atoms with Crippen LogP contribution in [0.5, 0.6) is 0 Å². The van der Waals surface area contributed by atoms with Crippen molar-refractivity contribution in [1.82, 2.24) is 15.0 Å². The van der Waals surface area contributed by atoms with E-state index in [9.17, 15) is 0 Å². The summed E-state index contributed by atoms with van der Waals surface area (Å²) in [6.45, 7) is 3.44. The summed E-state index contributed by atoms with van der Waals surface area (Å²) in [5, 5.41) is 5.07. The first-order valence-electron chi connectivity index (χ1n) is 7.76. The number of aryl methyl sites for hydroxylation is 1. The molecule has 4 rings (SSSR count). The lowest BCUT2D eigenvalue weighted by Gasteiger charge is -2.20. The Balaban J connectivity index is 1.62. The van der Waals surface area contributed by atoms with Gasteiger partial charge in [0.2, 0.25) is 5.89 Å². The van der Waals surface area contributed by atoms with Gasteiger partial charge in [0.05, 0.1) is 18.4 Å². The molecule has 0 amide bonds. The maximum Gasteiger partial charge on any atom is 0.244 e. The number of hydrogen-bond acceptors (Lipinski definition) is 6. The number of benzene rings is 1. The Kier molecular flexibility index (Phi) is 3.63. The second-order valence-corrected chi connectivity index (χ2v) is 5.98. The number of ether oxygens (including phenoxy) is 1. The van der Waals surface area contributed by atoms with Crippen molar-refractivity contribution in [3.05, 3.63) is 47.8 Å². The van der Waals surface area contributed by atoms with Gasteiger partial charge in [-0.2, -0.15) is 4.98 Å². The molecule has 1 saturated heterocycles. The van der Waals surface area contributed by atoms with Crippen LogP contribution in [-0.2, 0) is 11.3 Å². The van der Waals surface area contributed by atoms with E-state index in [0.29, 0.717) is 11.7 Å². The SMILES string of the molecule is CO[C@H]1C[C@H](c2nc(C)no2)N(Cc2coc3ccccc23)C1. The quantitative estimate of drug-likeness (QED) is 0.737. The van der Waals surface area contributed by atoms with E-state index < -0.39 is 0 Å². The molecule has 6 nitrogen and oxygen atoms in total. The van der Waals surface area contributed by atoms with Gasteiger partial charge in [0, 0.05) is 31.1 Å². The second-order valence-electron chi connectivity index (χ2n) is 5.98. The van der Waals surface area contributed by atoms with Crippen LogP contribution < -0.4 is 0 Å². The molecule has 1 aliphatic heterocycles. The molecular formula is C17H19N3O3. The molecule has 0 spiro atoms. The van der Waals surface area contributed by atoms with Gasteiger partial charge in [-0.25, -0.2) is 0 Å².